The molecule has 1 aromatic carbocycles. The topological polar surface area (TPSA) is 138 Å². The number of nitrogens with zero attached hydrogens (tertiary/aromatic N) is 3. The minimum Gasteiger partial charge on any atom is -0.429 e. The van der Waals surface area contributed by atoms with Crippen LogP contribution in [0.1, 0.15) is 72.5 Å². The first kappa shape index (κ1) is 31.6. The molecular formula is C29H34F2N4O8. The van der Waals surface area contributed by atoms with E-state index in [2.05, 4.69) is 10.5 Å². The Morgan fingerprint density at radius 3 is 2.72 bits per heavy atom. The molecule has 12 nitrogen and oxygen atoms in total. The number of amides is 2. The molecule has 2 amide bonds. The lowest BCUT2D eigenvalue weighted by Crippen LogP contribution is -2.49. The Kier molecular flexibility index (Phi) is 10.1. The third-order valence-corrected chi connectivity index (χ3v) is 7.26. The zero-order valence-corrected chi connectivity index (χ0v) is 24.4. The van der Waals surface area contributed by atoms with Gasteiger partial charge in [-0.15, -0.1) is 0 Å². The van der Waals surface area contributed by atoms with Gasteiger partial charge in [0.25, 0.3) is 11.8 Å². The van der Waals surface area contributed by atoms with Crippen LogP contribution in [0.15, 0.2) is 34.3 Å². The van der Waals surface area contributed by atoms with Gasteiger partial charge in [-0.25, -0.2) is 13.6 Å². The Bertz CT molecular complexity index is 1480. The highest BCUT2D eigenvalue weighted by Gasteiger charge is 2.39. The summed E-state index contributed by atoms with van der Waals surface area (Å²) >= 11 is 0. The Balaban J connectivity index is 1.78. The number of hydrogen-bond donors (Lipinski definition) is 1. The third kappa shape index (κ3) is 7.37. The van der Waals surface area contributed by atoms with E-state index in [1.807, 2.05) is 6.92 Å². The first-order valence-corrected chi connectivity index (χ1v) is 13.8. The summed E-state index contributed by atoms with van der Waals surface area (Å²) in [5.41, 5.74) is -0.990. The second kappa shape index (κ2) is 13.8. The van der Waals surface area contributed by atoms with E-state index in [0.717, 1.165) is 6.07 Å². The van der Waals surface area contributed by atoms with Crippen molar-refractivity contribution in [1.29, 1.82) is 0 Å². The fourth-order valence-corrected chi connectivity index (χ4v) is 4.94. The molecule has 2 bridgehead atoms. The zero-order chi connectivity index (χ0) is 31.3. The van der Waals surface area contributed by atoms with E-state index in [1.165, 1.54) is 23.9 Å². The van der Waals surface area contributed by atoms with Gasteiger partial charge in [0.1, 0.15) is 29.9 Å². The molecule has 0 saturated heterocycles. The molecule has 14 heteroatoms. The largest absolute Gasteiger partial charge is 0.514 e. The maximum absolute atomic E-state index is 14.2. The monoisotopic (exact) mass is 604 g/mol. The number of aromatic nitrogens is 1. The van der Waals surface area contributed by atoms with Gasteiger partial charge in [0.15, 0.2) is 5.69 Å². The van der Waals surface area contributed by atoms with Crippen LogP contribution >= 0.6 is 0 Å². The predicted molar refractivity (Wildman–Crippen MR) is 149 cm³/mol. The van der Waals surface area contributed by atoms with Crippen LogP contribution in [0, 0.1) is 11.6 Å². The van der Waals surface area contributed by atoms with Gasteiger partial charge in [-0.3, -0.25) is 14.4 Å². The average Bonchev–Trinajstić information content (AvgIpc) is 2.97. The molecule has 43 heavy (non-hydrogen) atoms. The number of methoxy groups -OCH3 is 1. The fourth-order valence-electron chi connectivity index (χ4n) is 4.94. The van der Waals surface area contributed by atoms with Crippen molar-refractivity contribution < 1.29 is 42.2 Å². The number of nitrogens with one attached hydrogen (secondary N) is 1. The third-order valence-electron chi connectivity index (χ3n) is 7.26. The number of carbonyl (C=O) groups excluding carboxylic acids is 3. The van der Waals surface area contributed by atoms with Crippen molar-refractivity contribution in [3.05, 3.63) is 63.1 Å². The van der Waals surface area contributed by atoms with Crippen molar-refractivity contribution in [1.82, 2.24) is 14.8 Å². The highest BCUT2D eigenvalue weighted by molar-refractivity contribution is 6.00. The molecule has 0 radical (unpaired) electrons. The highest BCUT2D eigenvalue weighted by Crippen LogP contribution is 2.32. The van der Waals surface area contributed by atoms with Crippen molar-refractivity contribution in [2.24, 2.45) is 5.16 Å². The van der Waals surface area contributed by atoms with Crippen LogP contribution in [0.25, 0.3) is 0 Å². The van der Waals surface area contributed by atoms with E-state index in [4.69, 9.17) is 19.0 Å². The fraction of sp³-hybridized carbons (Fsp3) is 0.483. The van der Waals surface area contributed by atoms with Crippen LogP contribution in [-0.4, -0.2) is 72.2 Å². The molecular weight excluding hydrogens is 570 g/mol. The van der Waals surface area contributed by atoms with Crippen LogP contribution < -0.4 is 15.5 Å². The van der Waals surface area contributed by atoms with Crippen molar-refractivity contribution in [2.45, 2.75) is 64.8 Å². The van der Waals surface area contributed by atoms with E-state index in [0.29, 0.717) is 31.0 Å². The standard InChI is InChI=1S/C29H34F2N4O8/c1-16-5-8-21-13-34(17(2)9-10-41-33-16)28(38)24-26(43-29(39)42-18(3)15-40-4)25(36)22(14-35(21)24)27(37)32-12-19-6-7-20(30)11-23(19)31/h6-7,11,14,17-18,21H,5,8-10,12-13,15H2,1-4H3,(H,32,37)/b33-16-/t17-,18+,21-/m0/s1. The van der Waals surface area contributed by atoms with E-state index >= 15 is 0 Å². The summed E-state index contributed by atoms with van der Waals surface area (Å²) in [5.74, 6) is -3.82. The second-order valence-corrected chi connectivity index (χ2v) is 10.6. The minimum atomic E-state index is -1.26. The van der Waals surface area contributed by atoms with Crippen LogP contribution in [-0.2, 0) is 20.9 Å². The molecule has 1 N–H and O–H groups in total. The summed E-state index contributed by atoms with van der Waals surface area (Å²) < 4.78 is 44.5. The molecule has 3 heterocycles. The van der Waals surface area contributed by atoms with Gasteiger partial charge in [-0.1, -0.05) is 11.2 Å². The first-order valence-electron chi connectivity index (χ1n) is 13.8. The van der Waals surface area contributed by atoms with E-state index in [1.54, 1.807) is 18.7 Å². The lowest BCUT2D eigenvalue weighted by molar-refractivity contribution is 0.0239. The number of ether oxygens (including phenoxy) is 3. The number of hydrogen-bond acceptors (Lipinski definition) is 9. The molecule has 0 saturated carbocycles. The molecule has 232 valence electrons. The molecule has 0 fully saturated rings. The molecule has 0 aliphatic carbocycles. The summed E-state index contributed by atoms with van der Waals surface area (Å²) in [6.07, 6.45) is 0.614. The SMILES string of the molecule is COC[C@@H](C)OC(=O)Oc1c2n(cc(C(=O)NCc3ccc(F)cc3F)c1=O)[C@H]1CC/C(C)=N\OCC[C@H](C)N(C1)C2=O. The lowest BCUT2D eigenvalue weighted by atomic mass is 10.0. The smallest absolute Gasteiger partial charge is 0.429 e. The number of fused-ring (bicyclic) bond motifs is 4. The van der Waals surface area contributed by atoms with Crippen LogP contribution in [0.2, 0.25) is 0 Å². The summed E-state index contributed by atoms with van der Waals surface area (Å²) in [6.45, 7) is 5.38. The molecule has 2 aliphatic rings. The number of pyridine rings is 1. The summed E-state index contributed by atoms with van der Waals surface area (Å²) in [6, 6.07) is 2.12. The van der Waals surface area contributed by atoms with Gasteiger partial charge in [0.2, 0.25) is 11.2 Å². The quantitative estimate of drug-likeness (QED) is 0.474. The Hall–Kier alpha value is -4.33. The molecule has 2 aromatic rings. The highest BCUT2D eigenvalue weighted by atomic mass is 19.1. The van der Waals surface area contributed by atoms with Crippen molar-refractivity contribution in [3.63, 3.8) is 0 Å². The van der Waals surface area contributed by atoms with Gasteiger partial charge in [-0.2, -0.15) is 0 Å². The maximum Gasteiger partial charge on any atom is 0.514 e. The van der Waals surface area contributed by atoms with Crippen molar-refractivity contribution >= 4 is 23.7 Å². The normalized spacial score (nSPS) is 20.5. The molecule has 3 atom stereocenters. The lowest BCUT2D eigenvalue weighted by Gasteiger charge is -2.39. The maximum atomic E-state index is 14.2. The van der Waals surface area contributed by atoms with Gasteiger partial charge in [0.05, 0.1) is 18.4 Å². The second-order valence-electron chi connectivity index (χ2n) is 10.6. The Labute approximate surface area is 246 Å². The number of rotatable bonds is 7. The molecule has 2 aliphatic heterocycles. The summed E-state index contributed by atoms with van der Waals surface area (Å²) in [4.78, 5) is 60.6. The van der Waals surface area contributed by atoms with Crippen molar-refractivity contribution in [2.75, 3.05) is 26.9 Å². The Morgan fingerprint density at radius 2 is 2.00 bits per heavy atom. The zero-order valence-electron chi connectivity index (χ0n) is 24.4. The van der Waals surface area contributed by atoms with E-state index in [-0.39, 0.29) is 43.6 Å². The van der Waals surface area contributed by atoms with Crippen LogP contribution in [0.3, 0.4) is 0 Å². The number of benzene rings is 1. The number of halogens is 2. The summed E-state index contributed by atoms with van der Waals surface area (Å²) in [5, 5.41) is 6.56. The van der Waals surface area contributed by atoms with Crippen LogP contribution in [0.4, 0.5) is 13.6 Å². The predicted octanol–water partition coefficient (Wildman–Crippen LogP) is 3.57. The van der Waals surface area contributed by atoms with Gasteiger partial charge >= 0.3 is 6.16 Å². The average molecular weight is 605 g/mol. The molecule has 4 rings (SSSR count). The molecule has 0 spiro atoms. The number of oxime groups is 1. The number of carbonyl (C=O) groups is 3. The van der Waals surface area contributed by atoms with Crippen LogP contribution in [0.5, 0.6) is 5.75 Å². The molecule has 1 aromatic heterocycles. The summed E-state index contributed by atoms with van der Waals surface area (Å²) in [7, 11) is 1.41. The van der Waals surface area contributed by atoms with Crippen molar-refractivity contribution in [3.8, 4) is 5.75 Å². The van der Waals surface area contributed by atoms with E-state index in [9.17, 15) is 28.0 Å². The van der Waals surface area contributed by atoms with E-state index < -0.39 is 58.5 Å². The van der Waals surface area contributed by atoms with Gasteiger partial charge in [-0.05, 0) is 39.7 Å². The minimum absolute atomic E-state index is 0.0137. The molecule has 0 unspecified atom stereocenters. The van der Waals surface area contributed by atoms with Gasteiger partial charge in [0, 0.05) is 50.5 Å². The van der Waals surface area contributed by atoms with Gasteiger partial charge < -0.3 is 33.8 Å². The first-order chi connectivity index (χ1) is 20.5. The Morgan fingerprint density at radius 1 is 1.23 bits per heavy atom.